The lowest BCUT2D eigenvalue weighted by atomic mass is 10.2. The van der Waals surface area contributed by atoms with E-state index in [4.69, 9.17) is 39.5 Å². The molecular weight excluding hydrogens is 293 g/mol. The Hall–Kier alpha value is -0.150. The number of benzene rings is 1. The molecular formula is C13H18Cl3NO. The van der Waals surface area contributed by atoms with Crippen LogP contribution in [0.2, 0.25) is 5.02 Å². The molecule has 0 amide bonds. The molecule has 0 unspecified atom stereocenters. The van der Waals surface area contributed by atoms with Gasteiger partial charge in [-0.25, -0.2) is 0 Å². The number of ether oxygens (including phenoxy) is 1. The van der Waals surface area contributed by atoms with Crippen molar-refractivity contribution >= 4 is 34.8 Å². The maximum Gasteiger partial charge on any atom is 0.123 e. The van der Waals surface area contributed by atoms with Gasteiger partial charge in [-0.2, -0.15) is 0 Å². The molecule has 0 fully saturated rings. The highest BCUT2D eigenvalue weighted by Crippen LogP contribution is 2.24. The van der Waals surface area contributed by atoms with Crippen molar-refractivity contribution in [1.82, 2.24) is 4.90 Å². The molecule has 0 spiro atoms. The maximum absolute atomic E-state index is 6.03. The summed E-state index contributed by atoms with van der Waals surface area (Å²) in [7, 11) is 0. The molecule has 1 aromatic rings. The monoisotopic (exact) mass is 309 g/mol. The molecule has 1 aromatic carbocycles. The molecule has 0 radical (unpaired) electrons. The van der Waals surface area contributed by atoms with E-state index in [1.54, 1.807) is 0 Å². The summed E-state index contributed by atoms with van der Waals surface area (Å²) in [6.45, 7) is 4.95. The number of hydrogen-bond acceptors (Lipinski definition) is 2. The smallest absolute Gasteiger partial charge is 0.123 e. The highest BCUT2D eigenvalue weighted by atomic mass is 35.5. The fourth-order valence-corrected chi connectivity index (χ4v) is 2.39. The van der Waals surface area contributed by atoms with E-state index in [1.807, 2.05) is 25.1 Å². The summed E-state index contributed by atoms with van der Waals surface area (Å²) in [5, 5.41) is 0.713. The van der Waals surface area contributed by atoms with Crippen molar-refractivity contribution in [3.63, 3.8) is 0 Å². The molecule has 5 heteroatoms. The quantitative estimate of drug-likeness (QED) is 0.673. The Morgan fingerprint density at radius 3 is 2.39 bits per heavy atom. The molecule has 1 rings (SSSR count). The normalized spacial score (nSPS) is 10.9. The average molecular weight is 311 g/mol. The molecule has 2 nitrogen and oxygen atoms in total. The number of nitrogens with zero attached hydrogens (tertiary/aromatic N) is 1. The van der Waals surface area contributed by atoms with Gasteiger partial charge in [-0.05, 0) is 25.1 Å². The van der Waals surface area contributed by atoms with Crippen LogP contribution in [-0.4, -0.2) is 36.4 Å². The lowest BCUT2D eigenvalue weighted by Gasteiger charge is -2.21. The van der Waals surface area contributed by atoms with E-state index in [-0.39, 0.29) is 0 Å². The van der Waals surface area contributed by atoms with E-state index >= 15 is 0 Å². The highest BCUT2D eigenvalue weighted by molar-refractivity contribution is 6.30. The van der Waals surface area contributed by atoms with Crippen LogP contribution in [0.4, 0.5) is 0 Å². The van der Waals surface area contributed by atoms with Crippen LogP contribution >= 0.6 is 34.8 Å². The lowest BCUT2D eigenvalue weighted by molar-refractivity contribution is 0.284. The predicted molar refractivity (Wildman–Crippen MR) is 79.3 cm³/mol. The second kappa shape index (κ2) is 8.87. The van der Waals surface area contributed by atoms with Gasteiger partial charge >= 0.3 is 0 Å². The molecule has 0 aliphatic heterocycles. The summed E-state index contributed by atoms with van der Waals surface area (Å²) in [6, 6.07) is 5.67. The molecule has 0 aliphatic rings. The van der Waals surface area contributed by atoms with Crippen LogP contribution in [0.25, 0.3) is 0 Å². The van der Waals surface area contributed by atoms with Gasteiger partial charge in [-0.3, -0.25) is 4.90 Å². The minimum atomic E-state index is 0.585. The molecule has 0 heterocycles. The summed E-state index contributed by atoms with van der Waals surface area (Å²) < 4.78 is 5.60. The van der Waals surface area contributed by atoms with Crippen LogP contribution < -0.4 is 4.74 Å². The lowest BCUT2D eigenvalue weighted by Crippen LogP contribution is -2.27. The first-order valence-electron chi connectivity index (χ1n) is 5.96. The topological polar surface area (TPSA) is 12.5 Å². The molecule has 0 atom stereocenters. The summed E-state index contributed by atoms with van der Waals surface area (Å²) in [5.41, 5.74) is 1.07. The van der Waals surface area contributed by atoms with Gasteiger partial charge in [-0.15, -0.1) is 23.2 Å². The van der Waals surface area contributed by atoms with Crippen LogP contribution in [0.1, 0.15) is 12.5 Å². The van der Waals surface area contributed by atoms with Crippen LogP contribution in [-0.2, 0) is 6.54 Å². The molecule has 0 aromatic heterocycles. The Labute approximate surface area is 124 Å². The Balaban J connectivity index is 2.81. The Morgan fingerprint density at radius 2 is 1.83 bits per heavy atom. The first-order chi connectivity index (χ1) is 8.71. The van der Waals surface area contributed by atoms with Crippen LogP contribution in [0.15, 0.2) is 18.2 Å². The van der Waals surface area contributed by atoms with E-state index in [0.29, 0.717) is 23.4 Å². The first-order valence-corrected chi connectivity index (χ1v) is 7.41. The zero-order valence-electron chi connectivity index (χ0n) is 10.5. The van der Waals surface area contributed by atoms with E-state index in [1.165, 1.54) is 0 Å². The van der Waals surface area contributed by atoms with Gasteiger partial charge in [-0.1, -0.05) is 11.6 Å². The van der Waals surface area contributed by atoms with Gasteiger partial charge in [0.25, 0.3) is 0 Å². The Morgan fingerprint density at radius 1 is 1.17 bits per heavy atom. The Bertz CT molecular complexity index is 354. The first kappa shape index (κ1) is 15.9. The second-order valence-corrected chi connectivity index (χ2v) is 5.03. The van der Waals surface area contributed by atoms with Crippen molar-refractivity contribution in [3.8, 4) is 5.75 Å². The van der Waals surface area contributed by atoms with Crippen LogP contribution in [0.5, 0.6) is 5.75 Å². The molecule has 18 heavy (non-hydrogen) atoms. The van der Waals surface area contributed by atoms with Crippen molar-refractivity contribution in [1.29, 1.82) is 0 Å². The Kier molecular flexibility index (Phi) is 7.84. The zero-order valence-corrected chi connectivity index (χ0v) is 12.7. The minimum absolute atomic E-state index is 0.585. The van der Waals surface area contributed by atoms with Gasteiger partial charge in [0.05, 0.1) is 6.61 Å². The number of rotatable bonds is 8. The van der Waals surface area contributed by atoms with Crippen molar-refractivity contribution in [2.24, 2.45) is 0 Å². The minimum Gasteiger partial charge on any atom is -0.494 e. The highest BCUT2D eigenvalue weighted by Gasteiger charge is 2.10. The van der Waals surface area contributed by atoms with Crippen molar-refractivity contribution in [2.45, 2.75) is 13.5 Å². The molecule has 0 bridgehead atoms. The van der Waals surface area contributed by atoms with Gasteiger partial charge in [0.2, 0.25) is 0 Å². The zero-order chi connectivity index (χ0) is 13.4. The van der Waals surface area contributed by atoms with Crippen LogP contribution in [0.3, 0.4) is 0 Å². The van der Waals surface area contributed by atoms with Crippen LogP contribution in [0, 0.1) is 0 Å². The van der Waals surface area contributed by atoms with E-state index < -0.39 is 0 Å². The molecule has 0 aliphatic carbocycles. The maximum atomic E-state index is 6.03. The van der Waals surface area contributed by atoms with Gasteiger partial charge in [0.1, 0.15) is 5.75 Å². The van der Waals surface area contributed by atoms with E-state index in [2.05, 4.69) is 4.90 Å². The number of hydrogen-bond donors (Lipinski definition) is 0. The third-order valence-corrected chi connectivity index (χ3v) is 3.09. The van der Waals surface area contributed by atoms with Crippen molar-refractivity contribution in [2.75, 3.05) is 31.5 Å². The molecule has 102 valence electrons. The molecule has 0 saturated heterocycles. The number of alkyl halides is 2. The van der Waals surface area contributed by atoms with Crippen molar-refractivity contribution < 1.29 is 4.74 Å². The van der Waals surface area contributed by atoms with Crippen molar-refractivity contribution in [3.05, 3.63) is 28.8 Å². The van der Waals surface area contributed by atoms with Gasteiger partial charge < -0.3 is 4.74 Å². The predicted octanol–water partition coefficient (Wildman–Crippen LogP) is 4.02. The summed E-state index contributed by atoms with van der Waals surface area (Å²) in [4.78, 5) is 2.19. The largest absolute Gasteiger partial charge is 0.494 e. The fraction of sp³-hybridized carbons (Fsp3) is 0.538. The SMILES string of the molecule is CCOc1ccc(Cl)cc1CN(CCCl)CCCl. The molecule has 0 N–H and O–H groups in total. The summed E-state index contributed by atoms with van der Waals surface area (Å²) >= 11 is 17.6. The third-order valence-electron chi connectivity index (χ3n) is 2.52. The summed E-state index contributed by atoms with van der Waals surface area (Å²) in [5.74, 6) is 2.04. The molecule has 0 saturated carbocycles. The van der Waals surface area contributed by atoms with E-state index in [0.717, 1.165) is 30.9 Å². The van der Waals surface area contributed by atoms with Gasteiger partial charge in [0, 0.05) is 42.0 Å². The standard InChI is InChI=1S/C13H18Cl3NO/c1-2-18-13-4-3-12(16)9-11(13)10-17(7-5-14)8-6-15/h3-4,9H,2,5-8,10H2,1H3. The summed E-state index contributed by atoms with van der Waals surface area (Å²) in [6.07, 6.45) is 0. The van der Waals surface area contributed by atoms with E-state index in [9.17, 15) is 0 Å². The number of halogens is 3. The average Bonchev–Trinajstić information content (AvgIpc) is 2.33. The third kappa shape index (κ3) is 5.23. The second-order valence-electron chi connectivity index (χ2n) is 3.84. The fourth-order valence-electron chi connectivity index (χ4n) is 1.72. The van der Waals surface area contributed by atoms with Gasteiger partial charge in [0.15, 0.2) is 0 Å².